The van der Waals surface area contributed by atoms with Gasteiger partial charge in [0.05, 0.1) is 6.04 Å². The molecule has 0 aromatic heterocycles. The zero-order valence-corrected chi connectivity index (χ0v) is 14.5. The van der Waals surface area contributed by atoms with E-state index in [9.17, 15) is 8.78 Å². The molecule has 1 N–H and O–H groups in total. The number of hydrogen-bond donors (Lipinski definition) is 1. The predicted octanol–water partition coefficient (Wildman–Crippen LogP) is 4.84. The average molecular weight is 345 g/mol. The number of anilines is 1. The van der Waals surface area contributed by atoms with Crippen molar-refractivity contribution in [1.29, 1.82) is 0 Å². The van der Waals surface area contributed by atoms with Crippen LogP contribution < -0.4 is 5.32 Å². The van der Waals surface area contributed by atoms with Gasteiger partial charge < -0.3 is 14.8 Å². The highest BCUT2D eigenvalue weighted by atomic mass is 19.1. The zero-order valence-electron chi connectivity index (χ0n) is 14.5. The van der Waals surface area contributed by atoms with E-state index in [2.05, 4.69) is 38.2 Å². The largest absolute Gasteiger partial charge is 0.375 e. The number of fused-ring (bicyclic) bond motifs is 3. The van der Waals surface area contributed by atoms with E-state index in [-0.39, 0.29) is 30.5 Å². The molecule has 3 atom stereocenters. The molecule has 2 aromatic rings. The van der Waals surface area contributed by atoms with Crippen molar-refractivity contribution >= 4 is 5.69 Å². The molecule has 0 spiro atoms. The number of benzene rings is 2. The summed E-state index contributed by atoms with van der Waals surface area (Å²) in [5, 5.41) is 3.38. The van der Waals surface area contributed by atoms with Crippen LogP contribution in [-0.2, 0) is 14.9 Å². The molecule has 4 rings (SSSR count). The van der Waals surface area contributed by atoms with Gasteiger partial charge in [-0.25, -0.2) is 8.78 Å². The summed E-state index contributed by atoms with van der Waals surface area (Å²) in [6, 6.07) is 9.41. The Kier molecular flexibility index (Phi) is 3.81. The lowest BCUT2D eigenvalue weighted by molar-refractivity contribution is 0.0367. The standard InChI is InChI=1S/C20H21F2NO2/c1-20(2,3)12-4-5-16-15(8-12)18-19(25-10-24-18)17(23-16)11-6-13(21)9-14(22)7-11/h4-9,17-19,23H,10H2,1-3H3. The monoisotopic (exact) mass is 345 g/mol. The lowest BCUT2D eigenvalue weighted by Crippen LogP contribution is -2.35. The quantitative estimate of drug-likeness (QED) is 0.802. The van der Waals surface area contributed by atoms with Gasteiger partial charge in [0.25, 0.3) is 0 Å². The number of halogens is 2. The van der Waals surface area contributed by atoms with Gasteiger partial charge in [0.1, 0.15) is 30.6 Å². The fraction of sp³-hybridized carbons (Fsp3) is 0.400. The second kappa shape index (κ2) is 5.78. The number of ether oxygens (including phenoxy) is 2. The average Bonchev–Trinajstić information content (AvgIpc) is 3.01. The van der Waals surface area contributed by atoms with Crippen LogP contribution in [0.25, 0.3) is 0 Å². The SMILES string of the molecule is CC(C)(C)c1ccc2c(c1)C1OCOC1C(c1cc(F)cc(F)c1)N2. The molecule has 0 saturated carbocycles. The zero-order chi connectivity index (χ0) is 17.8. The third kappa shape index (κ3) is 2.92. The summed E-state index contributed by atoms with van der Waals surface area (Å²) in [5.74, 6) is -1.19. The Bertz CT molecular complexity index is 796. The third-order valence-electron chi connectivity index (χ3n) is 4.91. The number of rotatable bonds is 1. The van der Waals surface area contributed by atoms with Crippen LogP contribution >= 0.6 is 0 Å². The molecular formula is C20H21F2NO2. The highest BCUT2D eigenvalue weighted by Crippen LogP contribution is 2.46. The Morgan fingerprint density at radius 3 is 2.40 bits per heavy atom. The van der Waals surface area contributed by atoms with E-state index in [1.165, 1.54) is 17.7 Å². The van der Waals surface area contributed by atoms with Crippen molar-refractivity contribution in [3.8, 4) is 0 Å². The molecule has 1 fully saturated rings. The van der Waals surface area contributed by atoms with Crippen LogP contribution in [0.15, 0.2) is 36.4 Å². The van der Waals surface area contributed by atoms with Gasteiger partial charge in [-0.1, -0.05) is 32.9 Å². The summed E-state index contributed by atoms with van der Waals surface area (Å²) in [6.07, 6.45) is -0.584. The van der Waals surface area contributed by atoms with Gasteiger partial charge in [0.15, 0.2) is 0 Å². The normalized spacial score (nSPS) is 25.2. The second-order valence-corrected chi connectivity index (χ2v) is 7.71. The van der Waals surface area contributed by atoms with Gasteiger partial charge in [0.2, 0.25) is 0 Å². The molecule has 2 aliphatic rings. The molecule has 3 nitrogen and oxygen atoms in total. The Morgan fingerprint density at radius 2 is 1.72 bits per heavy atom. The predicted molar refractivity (Wildman–Crippen MR) is 91.4 cm³/mol. The molecule has 2 heterocycles. The van der Waals surface area contributed by atoms with Gasteiger partial charge in [-0.3, -0.25) is 0 Å². The fourth-order valence-corrected chi connectivity index (χ4v) is 3.58. The molecular weight excluding hydrogens is 324 g/mol. The summed E-state index contributed by atoms with van der Waals surface area (Å²) in [4.78, 5) is 0. The molecule has 1 saturated heterocycles. The summed E-state index contributed by atoms with van der Waals surface area (Å²) >= 11 is 0. The lowest BCUT2D eigenvalue weighted by Gasteiger charge is -2.36. The lowest BCUT2D eigenvalue weighted by atomic mass is 9.82. The van der Waals surface area contributed by atoms with Crippen molar-refractivity contribution in [1.82, 2.24) is 0 Å². The minimum Gasteiger partial charge on any atom is -0.375 e. The van der Waals surface area contributed by atoms with E-state index in [0.29, 0.717) is 5.56 Å². The molecule has 0 amide bonds. The first-order valence-electron chi connectivity index (χ1n) is 8.43. The number of hydrogen-bond acceptors (Lipinski definition) is 3. The van der Waals surface area contributed by atoms with Gasteiger partial charge >= 0.3 is 0 Å². The molecule has 25 heavy (non-hydrogen) atoms. The maximum absolute atomic E-state index is 13.7. The van der Waals surface area contributed by atoms with Crippen LogP contribution in [0.3, 0.4) is 0 Å². The van der Waals surface area contributed by atoms with E-state index in [1.54, 1.807) is 0 Å². The van der Waals surface area contributed by atoms with E-state index >= 15 is 0 Å². The summed E-state index contributed by atoms with van der Waals surface area (Å²) < 4.78 is 38.9. The van der Waals surface area contributed by atoms with Crippen LogP contribution in [0.2, 0.25) is 0 Å². The van der Waals surface area contributed by atoms with Gasteiger partial charge in [-0.05, 0) is 34.7 Å². The van der Waals surface area contributed by atoms with Crippen molar-refractivity contribution in [3.63, 3.8) is 0 Å². The van der Waals surface area contributed by atoms with Crippen molar-refractivity contribution in [2.45, 2.75) is 44.4 Å². The van der Waals surface area contributed by atoms with Crippen LogP contribution in [0.1, 0.15) is 49.6 Å². The van der Waals surface area contributed by atoms with Crippen molar-refractivity contribution in [2.75, 3.05) is 12.1 Å². The minimum atomic E-state index is -0.596. The van der Waals surface area contributed by atoms with E-state index in [4.69, 9.17) is 9.47 Å². The first-order chi connectivity index (χ1) is 11.8. The van der Waals surface area contributed by atoms with Gasteiger partial charge in [0, 0.05) is 17.3 Å². The Morgan fingerprint density at radius 1 is 1.00 bits per heavy atom. The molecule has 2 aromatic carbocycles. The third-order valence-corrected chi connectivity index (χ3v) is 4.91. The second-order valence-electron chi connectivity index (χ2n) is 7.71. The molecule has 132 valence electrons. The Hall–Kier alpha value is -1.98. The van der Waals surface area contributed by atoms with Crippen LogP contribution in [0.4, 0.5) is 14.5 Å². The van der Waals surface area contributed by atoms with Gasteiger partial charge in [-0.2, -0.15) is 0 Å². The van der Waals surface area contributed by atoms with E-state index in [1.807, 2.05) is 6.07 Å². The van der Waals surface area contributed by atoms with Crippen molar-refractivity contribution in [3.05, 3.63) is 64.7 Å². The molecule has 0 aliphatic carbocycles. The van der Waals surface area contributed by atoms with E-state index < -0.39 is 11.6 Å². The first kappa shape index (κ1) is 16.5. The maximum Gasteiger partial charge on any atom is 0.148 e. The minimum absolute atomic E-state index is 0.0204. The summed E-state index contributed by atoms with van der Waals surface area (Å²) in [5.41, 5.74) is 3.69. The fourth-order valence-electron chi connectivity index (χ4n) is 3.58. The first-order valence-corrected chi connectivity index (χ1v) is 8.43. The molecule has 0 radical (unpaired) electrons. The Balaban J connectivity index is 1.77. The summed E-state index contributed by atoms with van der Waals surface area (Å²) in [6.45, 7) is 6.65. The van der Waals surface area contributed by atoms with Crippen LogP contribution in [-0.4, -0.2) is 12.9 Å². The maximum atomic E-state index is 13.7. The molecule has 5 heteroatoms. The summed E-state index contributed by atoms with van der Waals surface area (Å²) in [7, 11) is 0. The highest BCUT2D eigenvalue weighted by Gasteiger charge is 2.43. The van der Waals surface area contributed by atoms with E-state index in [0.717, 1.165) is 17.3 Å². The molecule has 2 aliphatic heterocycles. The Labute approximate surface area is 146 Å². The van der Waals surface area contributed by atoms with Crippen LogP contribution in [0, 0.1) is 11.6 Å². The van der Waals surface area contributed by atoms with Gasteiger partial charge in [-0.15, -0.1) is 0 Å². The van der Waals surface area contributed by atoms with Crippen LogP contribution in [0.5, 0.6) is 0 Å². The molecule has 0 bridgehead atoms. The number of nitrogens with one attached hydrogen (secondary N) is 1. The topological polar surface area (TPSA) is 30.5 Å². The smallest absolute Gasteiger partial charge is 0.148 e. The molecule has 3 unspecified atom stereocenters. The van der Waals surface area contributed by atoms with Crippen molar-refractivity contribution in [2.24, 2.45) is 0 Å². The van der Waals surface area contributed by atoms with Crippen molar-refractivity contribution < 1.29 is 18.3 Å². The highest BCUT2D eigenvalue weighted by molar-refractivity contribution is 5.59.